The second-order valence-electron chi connectivity index (χ2n) is 8.63. The van der Waals surface area contributed by atoms with Gasteiger partial charge in [0.15, 0.2) is 0 Å². The highest BCUT2D eigenvalue weighted by molar-refractivity contribution is 6.04. The molecule has 3 aromatic rings. The molecule has 158 valence electrons. The Balaban J connectivity index is 1.78. The summed E-state index contributed by atoms with van der Waals surface area (Å²) < 4.78 is 7.28. The number of rotatable bonds is 7. The van der Waals surface area contributed by atoms with E-state index in [1.807, 2.05) is 18.2 Å². The first-order chi connectivity index (χ1) is 14.2. The van der Waals surface area contributed by atoms with Gasteiger partial charge >= 0.3 is 0 Å². The molecule has 3 rings (SSSR count). The lowest BCUT2D eigenvalue weighted by Crippen LogP contribution is -2.16. The van der Waals surface area contributed by atoms with Gasteiger partial charge in [0, 0.05) is 29.4 Å². The van der Waals surface area contributed by atoms with Crippen LogP contribution in [-0.2, 0) is 5.41 Å². The number of amides is 1. The predicted octanol–water partition coefficient (Wildman–Crippen LogP) is 4.64. The molecule has 1 aromatic carbocycles. The maximum atomic E-state index is 12.8. The number of hydrogen-bond acceptors (Lipinski definition) is 5. The lowest BCUT2D eigenvalue weighted by Gasteiger charge is -2.13. The van der Waals surface area contributed by atoms with Crippen LogP contribution >= 0.6 is 0 Å². The van der Waals surface area contributed by atoms with Gasteiger partial charge in [-0.05, 0) is 42.7 Å². The number of nitrogens with zero attached hydrogens (tertiary/aromatic N) is 4. The monoisotopic (exact) mass is 407 g/mol. The van der Waals surface area contributed by atoms with E-state index in [0.29, 0.717) is 29.9 Å². The number of carbonyl (C=O) groups excluding carboxylic acids is 1. The van der Waals surface area contributed by atoms with E-state index >= 15 is 0 Å². The van der Waals surface area contributed by atoms with E-state index in [0.717, 1.165) is 17.9 Å². The normalized spacial score (nSPS) is 11.5. The quantitative estimate of drug-likeness (QED) is 0.617. The van der Waals surface area contributed by atoms with E-state index in [4.69, 9.17) is 4.74 Å². The van der Waals surface area contributed by atoms with E-state index in [1.165, 1.54) is 0 Å². The molecule has 0 radical (unpaired) electrons. The molecule has 7 heteroatoms. The van der Waals surface area contributed by atoms with Crippen molar-refractivity contribution in [2.24, 2.45) is 5.92 Å². The number of anilines is 1. The third-order valence-corrected chi connectivity index (χ3v) is 4.54. The molecule has 1 amide bonds. The molecule has 0 saturated carbocycles. The minimum absolute atomic E-state index is 0.186. The van der Waals surface area contributed by atoms with E-state index in [1.54, 1.807) is 35.3 Å². The number of carbonyl (C=O) groups is 1. The fraction of sp³-hybridized carbons (Fsp3) is 0.391. The molecule has 30 heavy (non-hydrogen) atoms. The summed E-state index contributed by atoms with van der Waals surface area (Å²) >= 11 is 0. The fourth-order valence-corrected chi connectivity index (χ4v) is 2.69. The SMILES string of the molecule is CC(C)CCOc1ccc(C(=O)Nc2cc(C(C)(C)C)nn2-c2ncccn2)cc1. The van der Waals surface area contributed by atoms with Crippen LogP contribution < -0.4 is 10.1 Å². The molecule has 0 fully saturated rings. The van der Waals surface area contributed by atoms with Gasteiger partial charge < -0.3 is 10.1 Å². The van der Waals surface area contributed by atoms with E-state index < -0.39 is 0 Å². The highest BCUT2D eigenvalue weighted by atomic mass is 16.5. The van der Waals surface area contributed by atoms with Crippen LogP contribution in [0.2, 0.25) is 0 Å². The van der Waals surface area contributed by atoms with Crippen LogP contribution in [-0.4, -0.2) is 32.3 Å². The number of hydrogen-bond donors (Lipinski definition) is 1. The Morgan fingerprint density at radius 3 is 2.40 bits per heavy atom. The van der Waals surface area contributed by atoms with Crippen molar-refractivity contribution in [3.63, 3.8) is 0 Å². The van der Waals surface area contributed by atoms with Crippen molar-refractivity contribution in [3.8, 4) is 11.7 Å². The number of benzene rings is 1. The van der Waals surface area contributed by atoms with Crippen molar-refractivity contribution in [1.29, 1.82) is 0 Å². The first kappa shape index (κ1) is 21.5. The van der Waals surface area contributed by atoms with Gasteiger partial charge in [-0.3, -0.25) is 4.79 Å². The largest absolute Gasteiger partial charge is 0.494 e. The zero-order valence-corrected chi connectivity index (χ0v) is 18.2. The van der Waals surface area contributed by atoms with Crippen molar-refractivity contribution < 1.29 is 9.53 Å². The van der Waals surface area contributed by atoms with Gasteiger partial charge in [-0.15, -0.1) is 0 Å². The van der Waals surface area contributed by atoms with Crippen LogP contribution in [0.3, 0.4) is 0 Å². The van der Waals surface area contributed by atoms with Crippen LogP contribution in [0, 0.1) is 5.92 Å². The second-order valence-corrected chi connectivity index (χ2v) is 8.63. The van der Waals surface area contributed by atoms with Crippen molar-refractivity contribution in [2.45, 2.75) is 46.5 Å². The minimum Gasteiger partial charge on any atom is -0.494 e. The van der Waals surface area contributed by atoms with Crippen molar-refractivity contribution in [2.75, 3.05) is 11.9 Å². The second kappa shape index (κ2) is 9.07. The summed E-state index contributed by atoms with van der Waals surface area (Å²) in [6, 6.07) is 10.7. The van der Waals surface area contributed by atoms with Gasteiger partial charge in [-0.1, -0.05) is 34.6 Å². The molecule has 1 N–H and O–H groups in total. The minimum atomic E-state index is -0.235. The summed E-state index contributed by atoms with van der Waals surface area (Å²) in [5.41, 5.74) is 1.18. The molecule has 0 unspecified atom stereocenters. The van der Waals surface area contributed by atoms with E-state index in [2.05, 4.69) is 55.0 Å². The summed E-state index contributed by atoms with van der Waals surface area (Å²) in [6.45, 7) is 11.2. The van der Waals surface area contributed by atoms with Crippen LogP contribution in [0.15, 0.2) is 48.8 Å². The summed E-state index contributed by atoms with van der Waals surface area (Å²) in [4.78, 5) is 21.4. The molecule has 7 nitrogen and oxygen atoms in total. The summed E-state index contributed by atoms with van der Waals surface area (Å²) in [7, 11) is 0. The zero-order valence-electron chi connectivity index (χ0n) is 18.2. The Morgan fingerprint density at radius 2 is 1.80 bits per heavy atom. The van der Waals surface area contributed by atoms with Crippen LogP contribution in [0.1, 0.15) is 57.1 Å². The fourth-order valence-electron chi connectivity index (χ4n) is 2.69. The maximum absolute atomic E-state index is 12.8. The van der Waals surface area contributed by atoms with Crippen molar-refractivity contribution >= 4 is 11.7 Å². The maximum Gasteiger partial charge on any atom is 0.256 e. The molecule has 0 aliphatic heterocycles. The zero-order chi connectivity index (χ0) is 21.7. The first-order valence-corrected chi connectivity index (χ1v) is 10.2. The van der Waals surface area contributed by atoms with Crippen molar-refractivity contribution in [1.82, 2.24) is 19.7 Å². The molecule has 2 aromatic heterocycles. The van der Waals surface area contributed by atoms with E-state index in [9.17, 15) is 4.79 Å². The van der Waals surface area contributed by atoms with Crippen LogP contribution in [0.25, 0.3) is 5.95 Å². The van der Waals surface area contributed by atoms with Gasteiger partial charge in [0.25, 0.3) is 11.9 Å². The van der Waals surface area contributed by atoms with Gasteiger partial charge in [-0.2, -0.15) is 9.78 Å². The Hall–Kier alpha value is -3.22. The molecule has 0 bridgehead atoms. The van der Waals surface area contributed by atoms with Gasteiger partial charge in [-0.25, -0.2) is 9.97 Å². The lowest BCUT2D eigenvalue weighted by atomic mass is 9.92. The van der Waals surface area contributed by atoms with Crippen LogP contribution in [0.5, 0.6) is 5.75 Å². The third-order valence-electron chi connectivity index (χ3n) is 4.54. The standard InChI is InChI=1S/C23H29N5O2/c1-16(2)11-14-30-18-9-7-17(8-10-18)21(29)26-20-15-19(23(3,4)5)27-28(20)22-24-12-6-13-25-22/h6-10,12-13,15-16H,11,14H2,1-5H3,(H,26,29). The van der Waals surface area contributed by atoms with E-state index in [-0.39, 0.29) is 11.3 Å². The first-order valence-electron chi connectivity index (χ1n) is 10.2. The Labute approximate surface area is 177 Å². The molecule has 2 heterocycles. The number of ether oxygens (including phenoxy) is 1. The molecule has 0 aliphatic rings. The molecular formula is C23H29N5O2. The number of aromatic nitrogens is 4. The molecular weight excluding hydrogens is 378 g/mol. The van der Waals surface area contributed by atoms with Gasteiger partial charge in [0.05, 0.1) is 12.3 Å². The number of nitrogens with one attached hydrogen (secondary N) is 1. The highest BCUT2D eigenvalue weighted by Gasteiger charge is 2.22. The molecule has 0 spiro atoms. The Kier molecular flexibility index (Phi) is 6.50. The Morgan fingerprint density at radius 1 is 1.13 bits per heavy atom. The smallest absolute Gasteiger partial charge is 0.256 e. The highest BCUT2D eigenvalue weighted by Crippen LogP contribution is 2.26. The third kappa shape index (κ3) is 5.43. The van der Waals surface area contributed by atoms with Crippen molar-refractivity contribution in [3.05, 3.63) is 60.0 Å². The summed E-state index contributed by atoms with van der Waals surface area (Å²) in [5.74, 6) is 2.03. The predicted molar refractivity (Wildman–Crippen MR) is 117 cm³/mol. The average molecular weight is 408 g/mol. The van der Waals surface area contributed by atoms with Gasteiger partial charge in [0.2, 0.25) is 0 Å². The van der Waals surface area contributed by atoms with Crippen LogP contribution in [0.4, 0.5) is 5.82 Å². The van der Waals surface area contributed by atoms with Gasteiger partial charge in [0.1, 0.15) is 11.6 Å². The molecule has 0 aliphatic carbocycles. The summed E-state index contributed by atoms with van der Waals surface area (Å²) in [6.07, 6.45) is 4.28. The molecule has 0 saturated heterocycles. The lowest BCUT2D eigenvalue weighted by molar-refractivity contribution is 0.102. The topological polar surface area (TPSA) is 81.9 Å². The average Bonchev–Trinajstić information content (AvgIpc) is 3.13. The Bertz CT molecular complexity index is 973. The molecule has 0 atom stereocenters. The summed E-state index contributed by atoms with van der Waals surface area (Å²) in [5, 5.41) is 7.55.